The number of carbonyl (C=O) groups is 2. The Hall–Kier alpha value is -1.97. The smallest absolute Gasteiger partial charge is 0.242 e. The first-order valence-corrected chi connectivity index (χ1v) is 10.0. The molecule has 0 saturated heterocycles. The van der Waals surface area contributed by atoms with Crippen LogP contribution in [0.15, 0.2) is 29.2 Å². The minimum Gasteiger partial charge on any atom is -0.350 e. The molecule has 1 aromatic carbocycles. The number of sulfonamides is 1. The van der Waals surface area contributed by atoms with E-state index in [9.17, 15) is 18.0 Å². The second kappa shape index (κ2) is 8.81. The normalized spacial score (nSPS) is 13.5. The number of hydrogen-bond donors (Lipinski definition) is 2. The number of carbonyl (C=O) groups excluding carboxylic acids is 2. The topological polar surface area (TPSA) is 98.8 Å². The van der Waals surface area contributed by atoms with E-state index in [0.29, 0.717) is 5.69 Å². The summed E-state index contributed by atoms with van der Waals surface area (Å²) in [4.78, 5) is 26.2. The number of anilines is 1. The van der Waals surface area contributed by atoms with Gasteiger partial charge in [0.1, 0.15) is 0 Å². The highest BCUT2D eigenvalue weighted by molar-refractivity contribution is 7.89. The minimum absolute atomic E-state index is 0.0703. The highest BCUT2D eigenvalue weighted by Crippen LogP contribution is 2.18. The van der Waals surface area contributed by atoms with Crippen molar-refractivity contribution in [1.82, 2.24) is 14.5 Å². The standard InChI is InChI=1S/C18H30N4O4S/c1-13(22(7)12-16(23)20-18(2,3)4)17(24)19-14-9-8-10-15(11-14)27(25,26)21(5)6/h8-11,13H,12H2,1-7H3,(H,19,24)(H,20,23)/t13-/m1/s1. The first-order valence-electron chi connectivity index (χ1n) is 8.59. The van der Waals surface area contributed by atoms with Gasteiger partial charge in [-0.15, -0.1) is 0 Å². The van der Waals surface area contributed by atoms with Crippen LogP contribution in [0.2, 0.25) is 0 Å². The summed E-state index contributed by atoms with van der Waals surface area (Å²) in [6.07, 6.45) is 0. The van der Waals surface area contributed by atoms with Gasteiger partial charge in [0.05, 0.1) is 17.5 Å². The predicted octanol–water partition coefficient (Wildman–Crippen LogP) is 1.11. The molecule has 0 heterocycles. The maximum atomic E-state index is 12.5. The van der Waals surface area contributed by atoms with E-state index in [0.717, 1.165) is 4.31 Å². The van der Waals surface area contributed by atoms with Gasteiger partial charge in [-0.25, -0.2) is 12.7 Å². The van der Waals surface area contributed by atoms with Crippen molar-refractivity contribution in [2.75, 3.05) is 33.0 Å². The largest absolute Gasteiger partial charge is 0.350 e. The molecule has 2 N–H and O–H groups in total. The molecule has 2 amide bonds. The van der Waals surface area contributed by atoms with Crippen molar-refractivity contribution in [1.29, 1.82) is 0 Å². The van der Waals surface area contributed by atoms with E-state index in [2.05, 4.69) is 10.6 Å². The molecule has 0 radical (unpaired) electrons. The van der Waals surface area contributed by atoms with Crippen LogP contribution >= 0.6 is 0 Å². The SMILES string of the molecule is C[C@H](C(=O)Nc1cccc(S(=O)(=O)N(C)C)c1)N(C)CC(=O)NC(C)(C)C. The van der Waals surface area contributed by atoms with Gasteiger partial charge in [0.2, 0.25) is 21.8 Å². The van der Waals surface area contributed by atoms with Gasteiger partial charge in [0, 0.05) is 25.3 Å². The zero-order chi connectivity index (χ0) is 21.0. The molecule has 0 aliphatic heterocycles. The number of benzene rings is 1. The van der Waals surface area contributed by atoms with Crippen LogP contribution in [0.3, 0.4) is 0 Å². The van der Waals surface area contributed by atoms with Gasteiger partial charge < -0.3 is 10.6 Å². The van der Waals surface area contributed by atoms with Crippen molar-refractivity contribution < 1.29 is 18.0 Å². The number of likely N-dealkylation sites (N-methyl/N-ethyl adjacent to an activating group) is 1. The van der Waals surface area contributed by atoms with Gasteiger partial charge in [0.25, 0.3) is 0 Å². The number of nitrogens with one attached hydrogen (secondary N) is 2. The van der Waals surface area contributed by atoms with Gasteiger partial charge in [-0.2, -0.15) is 0 Å². The molecule has 0 aliphatic carbocycles. The molecular weight excluding hydrogens is 368 g/mol. The summed E-state index contributed by atoms with van der Waals surface area (Å²) in [5.41, 5.74) is 0.0317. The minimum atomic E-state index is -3.59. The van der Waals surface area contributed by atoms with Gasteiger partial charge in [-0.1, -0.05) is 6.07 Å². The van der Waals surface area contributed by atoms with Crippen molar-refractivity contribution >= 4 is 27.5 Å². The molecule has 0 fully saturated rings. The summed E-state index contributed by atoms with van der Waals surface area (Å²) >= 11 is 0. The molecule has 1 atom stereocenters. The lowest BCUT2D eigenvalue weighted by atomic mass is 10.1. The molecule has 152 valence electrons. The highest BCUT2D eigenvalue weighted by Gasteiger charge is 2.23. The Kier molecular flexibility index (Phi) is 7.53. The van der Waals surface area contributed by atoms with Gasteiger partial charge in [-0.3, -0.25) is 14.5 Å². The van der Waals surface area contributed by atoms with Crippen LogP contribution < -0.4 is 10.6 Å². The summed E-state index contributed by atoms with van der Waals surface area (Å²) in [6.45, 7) is 7.41. The molecule has 8 nitrogen and oxygen atoms in total. The second-order valence-electron chi connectivity index (χ2n) is 7.69. The van der Waals surface area contributed by atoms with Crippen LogP contribution in [0.4, 0.5) is 5.69 Å². The Bertz CT molecular complexity index is 785. The molecule has 0 spiro atoms. The second-order valence-corrected chi connectivity index (χ2v) is 9.85. The summed E-state index contributed by atoms with van der Waals surface area (Å²) in [5, 5.41) is 5.54. The molecule has 0 aliphatic rings. The van der Waals surface area contributed by atoms with Crippen LogP contribution in [-0.2, 0) is 19.6 Å². The summed E-state index contributed by atoms with van der Waals surface area (Å²) in [6, 6.07) is 5.48. The molecule has 0 unspecified atom stereocenters. The third-order valence-corrected chi connectivity index (χ3v) is 5.64. The van der Waals surface area contributed by atoms with Crippen LogP contribution in [0, 0.1) is 0 Å². The third kappa shape index (κ3) is 6.93. The Morgan fingerprint density at radius 2 is 1.74 bits per heavy atom. The summed E-state index contributed by atoms with van der Waals surface area (Å²) < 4.78 is 25.5. The molecule has 27 heavy (non-hydrogen) atoms. The number of amides is 2. The van der Waals surface area contributed by atoms with E-state index < -0.39 is 16.1 Å². The van der Waals surface area contributed by atoms with Crippen molar-refractivity contribution in [2.45, 2.75) is 44.2 Å². The predicted molar refractivity (Wildman–Crippen MR) is 106 cm³/mol. The monoisotopic (exact) mass is 398 g/mol. The lowest BCUT2D eigenvalue weighted by Gasteiger charge is -2.26. The van der Waals surface area contributed by atoms with Gasteiger partial charge in [-0.05, 0) is 52.9 Å². The fourth-order valence-electron chi connectivity index (χ4n) is 2.21. The highest BCUT2D eigenvalue weighted by atomic mass is 32.2. The van der Waals surface area contributed by atoms with Crippen molar-refractivity contribution in [3.63, 3.8) is 0 Å². The van der Waals surface area contributed by atoms with Crippen molar-refractivity contribution in [2.24, 2.45) is 0 Å². The molecule has 0 aromatic heterocycles. The third-order valence-electron chi connectivity index (χ3n) is 3.83. The van der Waals surface area contributed by atoms with Crippen LogP contribution in [0.5, 0.6) is 0 Å². The average molecular weight is 399 g/mol. The van der Waals surface area contributed by atoms with E-state index in [1.807, 2.05) is 20.8 Å². The fraction of sp³-hybridized carbons (Fsp3) is 0.556. The average Bonchev–Trinajstić information content (AvgIpc) is 2.52. The Morgan fingerprint density at radius 1 is 1.15 bits per heavy atom. The van der Waals surface area contributed by atoms with Gasteiger partial charge >= 0.3 is 0 Å². The fourth-order valence-corrected chi connectivity index (χ4v) is 3.16. The van der Waals surface area contributed by atoms with E-state index in [1.54, 1.807) is 31.0 Å². The Balaban J connectivity index is 2.80. The van der Waals surface area contributed by atoms with Crippen LogP contribution in [0.1, 0.15) is 27.7 Å². The quantitative estimate of drug-likeness (QED) is 0.717. The first-order chi connectivity index (χ1) is 12.2. The van der Waals surface area contributed by atoms with Crippen LogP contribution in [-0.4, -0.2) is 68.7 Å². The maximum Gasteiger partial charge on any atom is 0.242 e. The molecule has 0 saturated carbocycles. The van der Waals surface area contributed by atoms with E-state index in [-0.39, 0.29) is 28.8 Å². The zero-order valence-electron chi connectivity index (χ0n) is 17.0. The first kappa shape index (κ1) is 23.1. The Morgan fingerprint density at radius 3 is 2.26 bits per heavy atom. The lowest BCUT2D eigenvalue weighted by Crippen LogP contribution is -2.49. The Labute approximate surface area is 162 Å². The summed E-state index contributed by atoms with van der Waals surface area (Å²) in [7, 11) is 0.983. The van der Waals surface area contributed by atoms with Crippen molar-refractivity contribution in [3.8, 4) is 0 Å². The molecular formula is C18H30N4O4S. The molecule has 9 heteroatoms. The van der Waals surface area contributed by atoms with Gasteiger partial charge in [0.15, 0.2) is 0 Å². The molecule has 1 aromatic rings. The van der Waals surface area contributed by atoms with E-state index >= 15 is 0 Å². The zero-order valence-corrected chi connectivity index (χ0v) is 17.8. The van der Waals surface area contributed by atoms with E-state index in [4.69, 9.17) is 0 Å². The molecule has 0 bridgehead atoms. The number of hydrogen-bond acceptors (Lipinski definition) is 5. The summed E-state index contributed by atoms with van der Waals surface area (Å²) in [5.74, 6) is -0.510. The van der Waals surface area contributed by atoms with Crippen LogP contribution in [0.25, 0.3) is 0 Å². The number of nitrogens with zero attached hydrogens (tertiary/aromatic N) is 2. The lowest BCUT2D eigenvalue weighted by molar-refractivity contribution is -0.125. The molecule has 1 rings (SSSR count). The van der Waals surface area contributed by atoms with Crippen molar-refractivity contribution in [3.05, 3.63) is 24.3 Å². The van der Waals surface area contributed by atoms with E-state index in [1.165, 1.54) is 26.2 Å². The maximum absolute atomic E-state index is 12.5. The number of rotatable bonds is 7.